The van der Waals surface area contributed by atoms with Gasteiger partial charge in [0.1, 0.15) is 0 Å². The van der Waals surface area contributed by atoms with Crippen molar-refractivity contribution in [2.75, 3.05) is 27.3 Å². The first-order chi connectivity index (χ1) is 22.0. The number of rotatable bonds is 19. The Kier molecular flexibility index (Phi) is 14.8. The Morgan fingerprint density at radius 2 is 1.08 bits per heavy atom. The topological polar surface area (TPSA) is 72.9 Å². The number of hydrogen-bond donors (Lipinski definition) is 0. The highest BCUT2D eigenvalue weighted by atomic mass is 19.4. The summed E-state index contributed by atoms with van der Waals surface area (Å²) in [7, 11) is 2.34. The van der Waals surface area contributed by atoms with Gasteiger partial charge in [0.15, 0.2) is 6.61 Å². The van der Waals surface area contributed by atoms with Crippen LogP contribution in [0.3, 0.4) is 0 Å². The minimum absolute atomic E-state index is 0.689. The molecule has 50 heavy (non-hydrogen) atoms. The molecule has 0 aliphatic heterocycles. The number of amides is 1. The molecular weight excluding hydrogens is 755 g/mol. The molecule has 0 aromatic heterocycles. The predicted octanol–water partition coefficient (Wildman–Crippen LogP) is 7.88. The zero-order valence-corrected chi connectivity index (χ0v) is 25.7. The molecule has 0 spiro atoms. The van der Waals surface area contributed by atoms with Crippen LogP contribution in [0.15, 0.2) is 0 Å². The fourth-order valence-electron chi connectivity index (χ4n) is 3.94. The molecule has 0 aromatic rings. The van der Waals surface area contributed by atoms with Gasteiger partial charge in [0.25, 0.3) is 0 Å². The molecule has 296 valence electrons. The van der Waals surface area contributed by atoms with Crippen molar-refractivity contribution in [2.45, 2.75) is 93.6 Å². The Morgan fingerprint density at radius 3 is 1.48 bits per heavy atom. The lowest BCUT2D eigenvalue weighted by Gasteiger charge is -2.39. The molecule has 0 heterocycles. The van der Waals surface area contributed by atoms with Crippen molar-refractivity contribution in [1.29, 1.82) is 0 Å². The zero-order chi connectivity index (χ0) is 40.3. The lowest BCUT2D eigenvalue weighted by atomic mass is 9.86. The van der Waals surface area contributed by atoms with Gasteiger partial charge < -0.3 is 14.4 Å². The van der Waals surface area contributed by atoms with Crippen LogP contribution in [0.5, 0.6) is 0 Å². The zero-order valence-electron chi connectivity index (χ0n) is 25.7. The lowest BCUT2D eigenvalue weighted by molar-refractivity contribution is -0.414. The fourth-order valence-corrected chi connectivity index (χ4v) is 3.94. The first-order valence-electron chi connectivity index (χ1n) is 13.6. The van der Waals surface area contributed by atoms with Crippen LogP contribution in [0.25, 0.3) is 0 Å². The highest BCUT2D eigenvalue weighted by Crippen LogP contribution is 2.58. The molecule has 25 heteroatoms. The average molecular weight is 783 g/mol. The number of carbonyl (C=O) groups excluding carboxylic acids is 3. The first kappa shape index (κ1) is 47.1. The molecule has 0 aliphatic rings. The molecule has 3 atom stereocenters. The highest BCUT2D eigenvalue weighted by Gasteiger charge is 2.88. The summed E-state index contributed by atoms with van der Waals surface area (Å²) >= 11 is 0. The van der Waals surface area contributed by atoms with Crippen LogP contribution in [-0.2, 0) is 23.9 Å². The second-order valence-electron chi connectivity index (χ2n) is 11.1. The summed E-state index contributed by atoms with van der Waals surface area (Å²) < 4.78 is 259. The summed E-state index contributed by atoms with van der Waals surface area (Å²) in [6, 6.07) is 0. The third-order valence-corrected chi connectivity index (χ3v) is 7.04. The van der Waals surface area contributed by atoms with E-state index in [1.165, 1.54) is 14.1 Å². The maximum atomic E-state index is 14.1. The molecule has 0 rings (SSSR count). The summed E-state index contributed by atoms with van der Waals surface area (Å²) in [6.45, 7) is -3.09. The van der Waals surface area contributed by atoms with Crippen molar-refractivity contribution in [3.05, 3.63) is 0 Å². The second-order valence-corrected chi connectivity index (χ2v) is 11.1. The summed E-state index contributed by atoms with van der Waals surface area (Å²) in [5, 5.41) is 0. The van der Waals surface area contributed by atoms with Crippen molar-refractivity contribution >= 4 is 17.8 Å². The first-order valence-corrected chi connectivity index (χ1v) is 13.6. The van der Waals surface area contributed by atoms with Gasteiger partial charge in [-0.1, -0.05) is 13.8 Å². The minimum atomic E-state index is -7.93. The third kappa shape index (κ3) is 9.49. The van der Waals surface area contributed by atoms with E-state index in [0.29, 0.717) is 0 Å². The van der Waals surface area contributed by atoms with Gasteiger partial charge in [-0.05, 0) is 19.3 Å². The number of esters is 2. The molecule has 0 saturated heterocycles. The van der Waals surface area contributed by atoms with Gasteiger partial charge in [0.05, 0.1) is 24.9 Å². The van der Waals surface area contributed by atoms with E-state index in [1.807, 2.05) is 0 Å². The van der Waals surface area contributed by atoms with E-state index in [4.69, 9.17) is 0 Å². The van der Waals surface area contributed by atoms with Crippen LogP contribution in [-0.4, -0.2) is 104 Å². The Hall–Kier alpha value is -2.92. The Bertz CT molecular complexity index is 1170. The van der Waals surface area contributed by atoms with E-state index in [1.54, 1.807) is 0 Å². The molecular formula is C25H28F19NO5. The minimum Gasteiger partial charge on any atom is -0.465 e. The van der Waals surface area contributed by atoms with Crippen LogP contribution in [0.1, 0.15) is 39.5 Å². The van der Waals surface area contributed by atoms with Gasteiger partial charge >= 0.3 is 66.0 Å². The highest BCUT2D eigenvalue weighted by molar-refractivity contribution is 5.80. The fraction of sp³-hybridized carbons (Fsp3) is 0.880. The summed E-state index contributed by atoms with van der Waals surface area (Å²) in [6.07, 6.45) is -17.5. The summed E-state index contributed by atoms with van der Waals surface area (Å²) in [4.78, 5) is 38.2. The number of alkyl halides is 19. The maximum absolute atomic E-state index is 14.1. The molecule has 0 saturated carbocycles. The predicted molar refractivity (Wildman–Crippen MR) is 128 cm³/mol. The van der Waals surface area contributed by atoms with E-state index in [2.05, 4.69) is 9.47 Å². The number of carbonyl (C=O) groups is 3. The maximum Gasteiger partial charge on any atom is 0.459 e. The van der Waals surface area contributed by atoms with Crippen molar-refractivity contribution in [1.82, 2.24) is 4.90 Å². The average Bonchev–Trinajstić information content (AvgIpc) is 2.95. The quantitative estimate of drug-likeness (QED) is 0.0986. The standard InChI is InChI=1S/C25H28F19NO5/c1-5-12(15(47)50-10-19(30,31)21(34,35)24(40,41)23(38,39)20(32,33)17(26)27)9-13(8-11(2)14(46)45(3)4)16(48)49-7-6-18(28,29)22(36,37)25(42,43)44/h11-13,17H,5-10H2,1-4H3. The Morgan fingerprint density at radius 1 is 0.620 bits per heavy atom. The number of hydrogen-bond acceptors (Lipinski definition) is 5. The van der Waals surface area contributed by atoms with E-state index < -0.39 is 129 Å². The van der Waals surface area contributed by atoms with E-state index in [-0.39, 0.29) is 0 Å². The molecule has 0 fully saturated rings. The van der Waals surface area contributed by atoms with Gasteiger partial charge in [0, 0.05) is 20.0 Å². The summed E-state index contributed by atoms with van der Waals surface area (Å²) in [5.74, 6) is -59.8. The van der Waals surface area contributed by atoms with E-state index in [0.717, 1.165) is 18.7 Å². The van der Waals surface area contributed by atoms with Crippen LogP contribution in [0.2, 0.25) is 0 Å². The van der Waals surface area contributed by atoms with Crippen molar-refractivity contribution < 1.29 is 107 Å². The molecule has 0 N–H and O–H groups in total. The number of ether oxygens (including phenoxy) is 2. The van der Waals surface area contributed by atoms with E-state index >= 15 is 0 Å². The molecule has 0 aromatic carbocycles. The normalized spacial score (nSPS) is 16.2. The van der Waals surface area contributed by atoms with Crippen LogP contribution in [0, 0.1) is 17.8 Å². The van der Waals surface area contributed by atoms with Gasteiger partial charge in [-0.3, -0.25) is 14.4 Å². The van der Waals surface area contributed by atoms with Gasteiger partial charge in [-0.25, -0.2) is 8.78 Å². The van der Waals surface area contributed by atoms with Crippen LogP contribution < -0.4 is 0 Å². The second kappa shape index (κ2) is 15.8. The largest absolute Gasteiger partial charge is 0.465 e. The Balaban J connectivity index is 6.16. The molecule has 1 amide bonds. The number of halogens is 19. The molecule has 3 unspecified atom stereocenters. The van der Waals surface area contributed by atoms with Gasteiger partial charge in [-0.2, -0.15) is 74.6 Å². The smallest absolute Gasteiger partial charge is 0.459 e. The Labute approximate surface area is 269 Å². The SMILES string of the molecule is CCC(CC(CC(C)C(=O)N(C)C)C(=O)OCCC(F)(F)C(F)(F)C(F)(F)F)C(=O)OCC(F)(F)C(F)(F)C(F)(F)C(F)(F)C(F)(F)C(F)F. The third-order valence-electron chi connectivity index (χ3n) is 7.04. The molecule has 0 aliphatic carbocycles. The number of nitrogens with zero attached hydrogens (tertiary/aromatic N) is 1. The van der Waals surface area contributed by atoms with Gasteiger partial charge in [-0.15, -0.1) is 0 Å². The van der Waals surface area contributed by atoms with Crippen molar-refractivity contribution in [3.63, 3.8) is 0 Å². The van der Waals surface area contributed by atoms with Crippen molar-refractivity contribution in [3.8, 4) is 0 Å². The van der Waals surface area contributed by atoms with Crippen LogP contribution in [0.4, 0.5) is 83.4 Å². The van der Waals surface area contributed by atoms with Crippen molar-refractivity contribution in [2.24, 2.45) is 17.8 Å². The molecule has 0 radical (unpaired) electrons. The monoisotopic (exact) mass is 783 g/mol. The van der Waals surface area contributed by atoms with E-state index in [9.17, 15) is 97.8 Å². The summed E-state index contributed by atoms with van der Waals surface area (Å²) in [5.41, 5.74) is 0. The van der Waals surface area contributed by atoms with Crippen LogP contribution >= 0.6 is 0 Å². The van der Waals surface area contributed by atoms with Gasteiger partial charge in [0.2, 0.25) is 5.91 Å². The molecule has 6 nitrogen and oxygen atoms in total. The molecule has 0 bridgehead atoms. The lowest BCUT2D eigenvalue weighted by Crippen LogP contribution is -2.69.